The zero-order valence-electron chi connectivity index (χ0n) is 18.2. The molecule has 2 aromatic carbocycles. The highest BCUT2D eigenvalue weighted by atomic mass is 19.1. The molecule has 1 saturated carbocycles. The molecule has 7 heteroatoms. The van der Waals surface area contributed by atoms with Gasteiger partial charge in [0.15, 0.2) is 0 Å². The highest BCUT2D eigenvalue weighted by molar-refractivity contribution is 5.73. The van der Waals surface area contributed by atoms with E-state index in [9.17, 15) is 23.9 Å². The molecule has 0 radical (unpaired) electrons. The lowest BCUT2D eigenvalue weighted by molar-refractivity contribution is -0.120. The average molecular weight is 442 g/mol. The van der Waals surface area contributed by atoms with Crippen molar-refractivity contribution in [3.05, 3.63) is 70.8 Å². The van der Waals surface area contributed by atoms with E-state index in [0.717, 1.165) is 43.7 Å². The zero-order chi connectivity index (χ0) is 23.1. The second-order valence-corrected chi connectivity index (χ2v) is 8.57. The Morgan fingerprint density at radius 1 is 1.16 bits per heavy atom. The van der Waals surface area contributed by atoms with Gasteiger partial charge in [-0.3, -0.25) is 4.79 Å². The number of carbonyl (C=O) groups is 1. The summed E-state index contributed by atoms with van der Waals surface area (Å²) in [7, 11) is 0. The normalized spacial score (nSPS) is 17.2. The summed E-state index contributed by atoms with van der Waals surface area (Å²) >= 11 is 0. The van der Waals surface area contributed by atoms with Crippen molar-refractivity contribution in [1.29, 1.82) is 5.26 Å². The first kappa shape index (κ1) is 23.8. The first-order valence-electron chi connectivity index (χ1n) is 11.0. The topological polar surface area (TPSA) is 85.2 Å². The van der Waals surface area contributed by atoms with Gasteiger partial charge in [-0.25, -0.2) is 8.78 Å². The lowest BCUT2D eigenvalue weighted by Crippen LogP contribution is -2.53. The number of carbonyl (C=O) groups excluding carboxylic acids is 1. The van der Waals surface area contributed by atoms with Crippen LogP contribution in [0.2, 0.25) is 0 Å². The quantitative estimate of drug-likeness (QED) is 0.583. The number of aliphatic hydroxyl groups excluding tert-OH is 1. The molecule has 2 atom stereocenters. The third-order valence-electron chi connectivity index (χ3n) is 6.13. The average Bonchev–Trinajstić information content (AvgIpc) is 2.76. The van der Waals surface area contributed by atoms with Gasteiger partial charge in [0.25, 0.3) is 0 Å². The number of hydrogen-bond donors (Lipinski definition) is 3. The minimum atomic E-state index is -0.983. The van der Waals surface area contributed by atoms with E-state index >= 15 is 0 Å². The van der Waals surface area contributed by atoms with Crippen LogP contribution in [-0.2, 0) is 16.8 Å². The first-order chi connectivity index (χ1) is 15.3. The summed E-state index contributed by atoms with van der Waals surface area (Å²) < 4.78 is 27.2. The second kappa shape index (κ2) is 10.7. The summed E-state index contributed by atoms with van der Waals surface area (Å²) in [4.78, 5) is 11.7. The summed E-state index contributed by atoms with van der Waals surface area (Å²) in [5, 5.41) is 26.4. The van der Waals surface area contributed by atoms with Crippen LogP contribution < -0.4 is 10.6 Å². The summed E-state index contributed by atoms with van der Waals surface area (Å²) in [6, 6.07) is 12.2. The number of hydrogen-bond acceptors (Lipinski definition) is 4. The molecule has 5 nitrogen and oxygen atoms in total. The van der Waals surface area contributed by atoms with Gasteiger partial charge >= 0.3 is 0 Å². The Morgan fingerprint density at radius 3 is 2.47 bits per heavy atom. The van der Waals surface area contributed by atoms with Crippen molar-refractivity contribution in [2.75, 3.05) is 6.54 Å². The Labute approximate surface area is 187 Å². The van der Waals surface area contributed by atoms with Gasteiger partial charge in [-0.1, -0.05) is 31.4 Å². The Kier molecular flexibility index (Phi) is 7.94. The van der Waals surface area contributed by atoms with Crippen molar-refractivity contribution in [3.8, 4) is 6.07 Å². The predicted octanol–water partition coefficient (Wildman–Crippen LogP) is 3.69. The Hall–Kier alpha value is -2.82. The number of aliphatic hydroxyl groups is 1. The van der Waals surface area contributed by atoms with Crippen LogP contribution in [0, 0.1) is 23.0 Å². The molecular weight excluding hydrogens is 412 g/mol. The highest BCUT2D eigenvalue weighted by Gasteiger charge is 2.35. The molecule has 1 fully saturated rings. The number of nitrogens with zero attached hydrogens (tertiary/aromatic N) is 1. The molecule has 32 heavy (non-hydrogen) atoms. The number of nitrogens with one attached hydrogen (secondary N) is 2. The number of amides is 1. The molecule has 1 amide bonds. The van der Waals surface area contributed by atoms with E-state index in [2.05, 4.69) is 16.7 Å². The molecule has 3 rings (SSSR count). The van der Waals surface area contributed by atoms with Gasteiger partial charge in [-0.2, -0.15) is 5.26 Å². The smallest absolute Gasteiger partial charge is 0.217 e. The van der Waals surface area contributed by atoms with Gasteiger partial charge < -0.3 is 15.7 Å². The van der Waals surface area contributed by atoms with Crippen LogP contribution in [0.15, 0.2) is 42.5 Å². The maximum absolute atomic E-state index is 13.6. The van der Waals surface area contributed by atoms with Gasteiger partial charge in [0.2, 0.25) is 5.91 Å². The summed E-state index contributed by atoms with van der Waals surface area (Å²) in [6.07, 6.45) is 4.03. The van der Waals surface area contributed by atoms with Crippen LogP contribution in [-0.4, -0.2) is 29.7 Å². The Morgan fingerprint density at radius 2 is 1.84 bits per heavy atom. The van der Waals surface area contributed by atoms with Crippen LogP contribution in [0.3, 0.4) is 0 Å². The van der Waals surface area contributed by atoms with E-state index in [0.29, 0.717) is 11.1 Å². The highest BCUT2D eigenvalue weighted by Crippen LogP contribution is 2.37. The third kappa shape index (κ3) is 6.12. The van der Waals surface area contributed by atoms with E-state index in [1.54, 1.807) is 6.07 Å². The Balaban J connectivity index is 1.78. The molecule has 1 aliphatic rings. The summed E-state index contributed by atoms with van der Waals surface area (Å²) in [5.74, 6) is -1.74. The van der Waals surface area contributed by atoms with E-state index in [4.69, 9.17) is 0 Å². The summed E-state index contributed by atoms with van der Waals surface area (Å²) in [6.45, 7) is 1.52. The molecule has 0 spiro atoms. The van der Waals surface area contributed by atoms with Crippen molar-refractivity contribution in [2.24, 2.45) is 0 Å². The van der Waals surface area contributed by atoms with Gasteiger partial charge in [-0.15, -0.1) is 0 Å². The Bertz CT molecular complexity index is 963. The van der Waals surface area contributed by atoms with Crippen LogP contribution >= 0.6 is 0 Å². The molecule has 0 heterocycles. The number of rotatable bonds is 8. The maximum Gasteiger partial charge on any atom is 0.217 e. The van der Waals surface area contributed by atoms with E-state index in [-0.39, 0.29) is 24.4 Å². The molecular formula is C25H29F2N3O2. The van der Waals surface area contributed by atoms with Crippen LogP contribution in [0.5, 0.6) is 0 Å². The van der Waals surface area contributed by atoms with E-state index in [1.165, 1.54) is 19.1 Å². The number of benzene rings is 2. The predicted molar refractivity (Wildman–Crippen MR) is 118 cm³/mol. The first-order valence-corrected chi connectivity index (χ1v) is 11.0. The largest absolute Gasteiger partial charge is 0.390 e. The molecule has 0 saturated heterocycles. The molecule has 0 aliphatic heterocycles. The third-order valence-corrected chi connectivity index (χ3v) is 6.13. The van der Waals surface area contributed by atoms with E-state index in [1.807, 2.05) is 18.2 Å². The fourth-order valence-electron chi connectivity index (χ4n) is 4.58. The molecule has 0 aromatic heterocycles. The number of halogens is 2. The standard InChI is InChI=1S/C25H29F2N3O2/c1-17(31)30-23(13-19-11-21(26)14-22(27)12-19)24(32)16-29-25(8-3-2-4-9-25)20-7-5-6-18(10-20)15-28/h5-7,10-12,14,23-24,29,32H,2-4,8-9,13,16H2,1H3,(H,30,31). The molecule has 170 valence electrons. The minimum absolute atomic E-state index is 0.0913. The monoisotopic (exact) mass is 441 g/mol. The zero-order valence-corrected chi connectivity index (χ0v) is 18.2. The van der Waals surface area contributed by atoms with Crippen LogP contribution in [0.1, 0.15) is 55.7 Å². The number of nitriles is 1. The van der Waals surface area contributed by atoms with Crippen LogP contribution in [0.4, 0.5) is 8.78 Å². The fourth-order valence-corrected chi connectivity index (χ4v) is 4.58. The molecule has 1 aliphatic carbocycles. The molecule has 3 N–H and O–H groups in total. The molecule has 0 bridgehead atoms. The molecule has 2 aromatic rings. The van der Waals surface area contributed by atoms with Gasteiger partial charge in [0, 0.05) is 25.1 Å². The maximum atomic E-state index is 13.6. The van der Waals surface area contributed by atoms with E-state index < -0.39 is 23.8 Å². The molecule has 2 unspecified atom stereocenters. The minimum Gasteiger partial charge on any atom is -0.390 e. The van der Waals surface area contributed by atoms with Gasteiger partial charge in [0.1, 0.15) is 11.6 Å². The van der Waals surface area contributed by atoms with Crippen molar-refractivity contribution in [2.45, 2.75) is 63.1 Å². The van der Waals surface area contributed by atoms with Crippen molar-refractivity contribution in [3.63, 3.8) is 0 Å². The van der Waals surface area contributed by atoms with Crippen molar-refractivity contribution in [1.82, 2.24) is 10.6 Å². The van der Waals surface area contributed by atoms with Crippen LogP contribution in [0.25, 0.3) is 0 Å². The van der Waals surface area contributed by atoms with Gasteiger partial charge in [0.05, 0.1) is 23.8 Å². The second-order valence-electron chi connectivity index (χ2n) is 8.57. The summed E-state index contributed by atoms with van der Waals surface area (Å²) in [5.41, 5.74) is 1.57. The van der Waals surface area contributed by atoms with Crippen molar-refractivity contribution >= 4 is 5.91 Å². The van der Waals surface area contributed by atoms with Crippen molar-refractivity contribution < 1.29 is 18.7 Å². The fraction of sp³-hybridized carbons (Fsp3) is 0.440. The lowest BCUT2D eigenvalue weighted by Gasteiger charge is -2.40. The SMILES string of the molecule is CC(=O)NC(Cc1cc(F)cc(F)c1)C(O)CNC1(c2cccc(C#N)c2)CCCCC1. The lowest BCUT2D eigenvalue weighted by atomic mass is 9.76. The van der Waals surface area contributed by atoms with Gasteiger partial charge in [-0.05, 0) is 54.7 Å².